The Bertz CT molecular complexity index is 710. The molecule has 0 aliphatic heterocycles. The fourth-order valence-electron chi connectivity index (χ4n) is 1.29. The number of nitrogens with one attached hydrogen (secondary N) is 3. The van der Waals surface area contributed by atoms with Crippen molar-refractivity contribution >= 4 is 11.7 Å². The molecule has 2 heterocycles. The van der Waals surface area contributed by atoms with Gasteiger partial charge in [0.1, 0.15) is 5.76 Å². The summed E-state index contributed by atoms with van der Waals surface area (Å²) in [6.45, 7) is 1.62. The lowest BCUT2D eigenvalue weighted by atomic mass is 10.3. The largest absolute Gasteiger partial charge is 0.494 e. The summed E-state index contributed by atoms with van der Waals surface area (Å²) in [6.07, 6.45) is 0. The van der Waals surface area contributed by atoms with Crippen LogP contribution in [0.5, 0.6) is 5.88 Å². The molecule has 0 radical (unpaired) electrons. The summed E-state index contributed by atoms with van der Waals surface area (Å²) < 4.78 is 4.71. The molecule has 0 unspecified atom stereocenters. The van der Waals surface area contributed by atoms with E-state index in [0.29, 0.717) is 5.76 Å². The first-order valence-electron chi connectivity index (χ1n) is 4.77. The Hall–Kier alpha value is -2.84. The van der Waals surface area contributed by atoms with Crippen LogP contribution >= 0.6 is 0 Å². The Balaban J connectivity index is 2.35. The van der Waals surface area contributed by atoms with Gasteiger partial charge in [0, 0.05) is 6.07 Å². The summed E-state index contributed by atoms with van der Waals surface area (Å²) in [7, 11) is 0. The Morgan fingerprint density at radius 2 is 2.17 bits per heavy atom. The highest BCUT2D eigenvalue weighted by Gasteiger charge is 2.18. The van der Waals surface area contributed by atoms with Crippen molar-refractivity contribution in [3.63, 3.8) is 0 Å². The van der Waals surface area contributed by atoms with E-state index in [1.165, 1.54) is 6.07 Å². The molecule has 4 N–H and O–H groups in total. The molecule has 2 aromatic rings. The summed E-state index contributed by atoms with van der Waals surface area (Å²) in [4.78, 5) is 37.6. The first-order chi connectivity index (χ1) is 8.47. The first kappa shape index (κ1) is 11.6. The maximum absolute atomic E-state index is 11.7. The van der Waals surface area contributed by atoms with Gasteiger partial charge in [-0.3, -0.25) is 19.6 Å². The summed E-state index contributed by atoms with van der Waals surface area (Å²) in [5, 5.41) is 15.1. The predicted molar refractivity (Wildman–Crippen MR) is 58.5 cm³/mol. The van der Waals surface area contributed by atoms with Crippen LogP contribution in [0.3, 0.4) is 0 Å². The van der Waals surface area contributed by atoms with Gasteiger partial charge in [-0.05, 0) is 6.92 Å². The lowest BCUT2D eigenvalue weighted by molar-refractivity contribution is 0.102. The van der Waals surface area contributed by atoms with E-state index in [2.05, 4.69) is 10.5 Å². The number of anilines is 1. The number of aromatic nitrogens is 3. The number of aromatic hydroxyl groups is 1. The van der Waals surface area contributed by atoms with E-state index in [9.17, 15) is 19.5 Å². The van der Waals surface area contributed by atoms with Crippen molar-refractivity contribution in [2.45, 2.75) is 6.92 Å². The maximum atomic E-state index is 11.7. The average molecular weight is 252 g/mol. The molecule has 9 nitrogen and oxygen atoms in total. The SMILES string of the molecule is Cc1cc(NC(=O)c2c(O)[nH]c(=O)[nH]c2=O)no1. The van der Waals surface area contributed by atoms with E-state index in [-0.39, 0.29) is 5.82 Å². The van der Waals surface area contributed by atoms with E-state index in [1.807, 2.05) is 9.97 Å². The molecular weight excluding hydrogens is 244 g/mol. The van der Waals surface area contributed by atoms with E-state index in [4.69, 9.17) is 4.52 Å². The van der Waals surface area contributed by atoms with Crippen molar-refractivity contribution < 1.29 is 14.4 Å². The van der Waals surface area contributed by atoms with Crippen molar-refractivity contribution in [1.82, 2.24) is 15.1 Å². The molecule has 1 amide bonds. The number of nitrogens with zero attached hydrogens (tertiary/aromatic N) is 1. The summed E-state index contributed by atoms with van der Waals surface area (Å²) in [5.41, 5.74) is -2.53. The second-order valence-corrected chi connectivity index (χ2v) is 3.41. The van der Waals surface area contributed by atoms with Crippen LogP contribution in [0.2, 0.25) is 0 Å². The zero-order valence-electron chi connectivity index (χ0n) is 9.10. The zero-order valence-corrected chi connectivity index (χ0v) is 9.10. The van der Waals surface area contributed by atoms with Gasteiger partial charge in [-0.15, -0.1) is 0 Å². The minimum atomic E-state index is -1.01. The first-order valence-corrected chi connectivity index (χ1v) is 4.77. The molecule has 0 saturated carbocycles. The summed E-state index contributed by atoms with van der Waals surface area (Å²) >= 11 is 0. The Morgan fingerprint density at radius 3 is 2.72 bits per heavy atom. The van der Waals surface area contributed by atoms with Crippen LogP contribution in [0.15, 0.2) is 20.2 Å². The van der Waals surface area contributed by atoms with Crippen LogP contribution in [0, 0.1) is 6.92 Å². The lowest BCUT2D eigenvalue weighted by Gasteiger charge is -2.01. The van der Waals surface area contributed by atoms with Gasteiger partial charge < -0.3 is 14.9 Å². The molecule has 0 aromatic carbocycles. The van der Waals surface area contributed by atoms with Gasteiger partial charge >= 0.3 is 5.69 Å². The highest BCUT2D eigenvalue weighted by Crippen LogP contribution is 2.11. The number of amides is 1. The number of carbonyl (C=O) groups is 1. The minimum absolute atomic E-state index is 0.0856. The van der Waals surface area contributed by atoms with Crippen LogP contribution in [-0.4, -0.2) is 26.1 Å². The standard InChI is InChI=1S/C9H8N4O5/c1-3-2-4(13-18-3)10-6(14)5-7(15)11-9(17)12-8(5)16/h2H,1H3,(H,10,13,14)(H3,11,12,15,16,17). The topological polar surface area (TPSA) is 141 Å². The molecule has 0 saturated heterocycles. The number of hydrogen-bond acceptors (Lipinski definition) is 6. The fourth-order valence-corrected chi connectivity index (χ4v) is 1.29. The van der Waals surface area contributed by atoms with E-state index < -0.39 is 28.6 Å². The second-order valence-electron chi connectivity index (χ2n) is 3.41. The monoisotopic (exact) mass is 252 g/mol. The summed E-state index contributed by atoms with van der Waals surface area (Å²) in [6, 6.07) is 1.43. The van der Waals surface area contributed by atoms with Gasteiger partial charge in [-0.25, -0.2) is 4.79 Å². The summed E-state index contributed by atoms with van der Waals surface area (Å²) in [5.74, 6) is -1.19. The lowest BCUT2D eigenvalue weighted by Crippen LogP contribution is -2.30. The zero-order chi connectivity index (χ0) is 13.3. The van der Waals surface area contributed by atoms with Crippen molar-refractivity contribution in [3.05, 3.63) is 38.2 Å². The third-order valence-corrected chi connectivity index (χ3v) is 2.02. The molecule has 0 spiro atoms. The minimum Gasteiger partial charge on any atom is -0.494 e. The number of H-pyrrole nitrogens is 2. The van der Waals surface area contributed by atoms with Crippen molar-refractivity contribution in [2.75, 3.05) is 5.32 Å². The smallest absolute Gasteiger partial charge is 0.328 e. The van der Waals surface area contributed by atoms with Crippen LogP contribution in [0.1, 0.15) is 16.1 Å². The van der Waals surface area contributed by atoms with Gasteiger partial charge in [0.2, 0.25) is 5.88 Å². The molecular formula is C9H8N4O5. The van der Waals surface area contributed by atoms with Crippen molar-refractivity contribution in [3.8, 4) is 5.88 Å². The number of aromatic amines is 2. The third kappa shape index (κ3) is 2.14. The van der Waals surface area contributed by atoms with Gasteiger partial charge in [0.25, 0.3) is 11.5 Å². The Kier molecular flexibility index (Phi) is 2.72. The van der Waals surface area contributed by atoms with Crippen LogP contribution < -0.4 is 16.6 Å². The van der Waals surface area contributed by atoms with E-state index in [1.54, 1.807) is 6.92 Å². The number of carbonyl (C=O) groups excluding carboxylic acids is 1. The van der Waals surface area contributed by atoms with Gasteiger partial charge in [0.05, 0.1) is 0 Å². The van der Waals surface area contributed by atoms with Gasteiger partial charge in [-0.1, -0.05) is 5.16 Å². The molecule has 2 aromatic heterocycles. The van der Waals surface area contributed by atoms with Crippen molar-refractivity contribution in [1.29, 1.82) is 0 Å². The van der Waals surface area contributed by atoms with Crippen LogP contribution in [-0.2, 0) is 0 Å². The molecule has 0 aliphatic rings. The number of rotatable bonds is 2. The van der Waals surface area contributed by atoms with Crippen LogP contribution in [0.4, 0.5) is 5.82 Å². The predicted octanol–water partition coefficient (Wildman–Crippen LogP) is -0.682. The third-order valence-electron chi connectivity index (χ3n) is 2.02. The molecule has 94 valence electrons. The Labute approximate surface area is 98.5 Å². The second kappa shape index (κ2) is 4.20. The molecule has 0 aliphatic carbocycles. The number of hydrogen-bond donors (Lipinski definition) is 4. The fraction of sp³-hybridized carbons (Fsp3) is 0.111. The van der Waals surface area contributed by atoms with E-state index >= 15 is 0 Å². The highest BCUT2D eigenvalue weighted by molar-refractivity contribution is 6.04. The number of aryl methyl sites for hydroxylation is 1. The highest BCUT2D eigenvalue weighted by atomic mass is 16.5. The normalized spacial score (nSPS) is 10.3. The average Bonchev–Trinajstić information content (AvgIpc) is 2.62. The molecule has 0 fully saturated rings. The van der Waals surface area contributed by atoms with Crippen LogP contribution in [0.25, 0.3) is 0 Å². The quantitative estimate of drug-likeness (QED) is 0.557. The Morgan fingerprint density at radius 1 is 1.44 bits per heavy atom. The van der Waals surface area contributed by atoms with Crippen molar-refractivity contribution in [2.24, 2.45) is 0 Å². The molecule has 2 rings (SSSR count). The van der Waals surface area contributed by atoms with Gasteiger partial charge in [-0.2, -0.15) is 0 Å². The van der Waals surface area contributed by atoms with Gasteiger partial charge in [0.15, 0.2) is 11.4 Å². The molecule has 9 heteroatoms. The molecule has 18 heavy (non-hydrogen) atoms. The van der Waals surface area contributed by atoms with E-state index in [0.717, 1.165) is 0 Å². The maximum Gasteiger partial charge on any atom is 0.328 e. The molecule has 0 atom stereocenters. The molecule has 0 bridgehead atoms.